The molecule has 2 N–H and O–H groups in total. The van der Waals surface area contributed by atoms with Gasteiger partial charge in [-0.15, -0.1) is 0 Å². The van der Waals surface area contributed by atoms with Crippen LogP contribution in [0.25, 0.3) is 10.9 Å². The molecule has 3 aromatic rings. The summed E-state index contributed by atoms with van der Waals surface area (Å²) in [4.78, 5) is 32.1. The number of nitrogens with one attached hydrogen (secondary N) is 1. The van der Waals surface area contributed by atoms with Crippen LogP contribution in [0.4, 0.5) is 5.82 Å². The highest BCUT2D eigenvalue weighted by molar-refractivity contribution is 9.10. The molecule has 6 nitrogen and oxygen atoms in total. The molecule has 0 aliphatic carbocycles. The highest BCUT2D eigenvalue weighted by Gasteiger charge is 2.26. The third-order valence-corrected chi connectivity index (χ3v) is 7.51. The van der Waals surface area contributed by atoms with E-state index in [1.165, 1.54) is 0 Å². The molecule has 184 valence electrons. The Labute approximate surface area is 218 Å². The average Bonchev–Trinajstić information content (AvgIpc) is 3.25. The zero-order valence-electron chi connectivity index (χ0n) is 19.9. The fraction of sp³-hybridized carbons (Fsp3) is 0.370. The van der Waals surface area contributed by atoms with Gasteiger partial charge in [0, 0.05) is 52.4 Å². The summed E-state index contributed by atoms with van der Waals surface area (Å²) in [6, 6.07) is 13.2. The van der Waals surface area contributed by atoms with Crippen molar-refractivity contribution < 1.29 is 14.7 Å². The van der Waals surface area contributed by atoms with Crippen LogP contribution in [0.15, 0.2) is 46.9 Å². The van der Waals surface area contributed by atoms with Crippen molar-refractivity contribution in [1.82, 2.24) is 10.3 Å². The molecule has 1 aliphatic heterocycles. The van der Waals surface area contributed by atoms with Gasteiger partial charge in [-0.05, 0) is 55.5 Å². The lowest BCUT2D eigenvalue weighted by molar-refractivity contribution is -0.137. The molecule has 1 amide bonds. The van der Waals surface area contributed by atoms with Crippen LogP contribution in [0.1, 0.15) is 53.6 Å². The summed E-state index contributed by atoms with van der Waals surface area (Å²) in [5.74, 6) is 0.137. The fourth-order valence-electron chi connectivity index (χ4n) is 4.82. The number of carbonyl (C=O) groups is 2. The maximum Gasteiger partial charge on any atom is 0.303 e. The lowest BCUT2D eigenvalue weighted by Crippen LogP contribution is -2.30. The number of benzene rings is 2. The van der Waals surface area contributed by atoms with Crippen molar-refractivity contribution in [2.45, 2.75) is 39.0 Å². The van der Waals surface area contributed by atoms with Crippen molar-refractivity contribution in [3.63, 3.8) is 0 Å². The first kappa shape index (κ1) is 25.5. The predicted octanol–water partition coefficient (Wildman–Crippen LogP) is 6.18. The van der Waals surface area contributed by atoms with Crippen molar-refractivity contribution in [1.29, 1.82) is 0 Å². The van der Waals surface area contributed by atoms with Crippen LogP contribution in [0.3, 0.4) is 0 Å². The molecule has 2 heterocycles. The number of carbonyl (C=O) groups excluding carboxylic acids is 1. The number of anilines is 1. The first-order chi connectivity index (χ1) is 16.7. The number of rotatable bonds is 8. The number of aromatic nitrogens is 1. The van der Waals surface area contributed by atoms with E-state index in [0.717, 1.165) is 51.8 Å². The minimum absolute atomic E-state index is 0.00673. The third-order valence-electron chi connectivity index (χ3n) is 6.68. The Balaban J connectivity index is 1.67. The van der Waals surface area contributed by atoms with Gasteiger partial charge >= 0.3 is 5.97 Å². The van der Waals surface area contributed by atoms with E-state index in [9.17, 15) is 14.7 Å². The number of carboxylic acid groups (broad SMARTS) is 1. The van der Waals surface area contributed by atoms with Crippen LogP contribution in [-0.2, 0) is 4.79 Å². The van der Waals surface area contributed by atoms with Crippen LogP contribution in [-0.4, -0.2) is 41.6 Å². The second kappa shape index (κ2) is 11.0. The number of aliphatic carboxylic acids is 1. The van der Waals surface area contributed by atoms with Crippen LogP contribution in [0.2, 0.25) is 5.02 Å². The lowest BCUT2D eigenvalue weighted by Gasteiger charge is -2.23. The number of carboxylic acids is 1. The number of hydrogen-bond acceptors (Lipinski definition) is 4. The van der Waals surface area contributed by atoms with Crippen LogP contribution in [0, 0.1) is 12.8 Å². The number of fused-ring (bicyclic) bond motifs is 1. The monoisotopic (exact) mass is 557 g/mol. The summed E-state index contributed by atoms with van der Waals surface area (Å²) < 4.78 is 0.873. The zero-order chi connectivity index (χ0) is 25.1. The molecule has 0 saturated carbocycles. The van der Waals surface area contributed by atoms with Crippen molar-refractivity contribution in [3.05, 3.63) is 68.7 Å². The molecule has 8 heteroatoms. The second-order valence-electron chi connectivity index (χ2n) is 9.30. The minimum Gasteiger partial charge on any atom is -0.481 e. The summed E-state index contributed by atoms with van der Waals surface area (Å²) in [6.07, 6.45) is 1.47. The van der Waals surface area contributed by atoms with E-state index in [-0.39, 0.29) is 24.8 Å². The van der Waals surface area contributed by atoms with E-state index in [0.29, 0.717) is 22.9 Å². The van der Waals surface area contributed by atoms with E-state index in [2.05, 4.69) is 33.1 Å². The number of nitrogens with zero attached hydrogens (tertiary/aromatic N) is 2. The van der Waals surface area contributed by atoms with E-state index < -0.39 is 5.97 Å². The quantitative estimate of drug-likeness (QED) is 0.345. The van der Waals surface area contributed by atoms with Crippen LogP contribution < -0.4 is 10.2 Å². The number of pyridine rings is 1. The Kier molecular flexibility index (Phi) is 7.97. The number of halogens is 2. The Bertz CT molecular complexity index is 1270. The van der Waals surface area contributed by atoms with Crippen molar-refractivity contribution in [3.8, 4) is 0 Å². The molecular formula is C27H29BrClN3O3. The number of hydrogen-bond donors (Lipinski definition) is 2. The molecule has 1 fully saturated rings. The van der Waals surface area contributed by atoms with E-state index in [1.807, 2.05) is 43.3 Å². The molecule has 4 rings (SSSR count). The van der Waals surface area contributed by atoms with Gasteiger partial charge in [0.05, 0.1) is 11.1 Å². The summed E-state index contributed by atoms with van der Waals surface area (Å²) >= 11 is 9.94. The molecule has 2 unspecified atom stereocenters. The first-order valence-electron chi connectivity index (χ1n) is 11.8. The Morgan fingerprint density at radius 3 is 2.74 bits per heavy atom. The predicted molar refractivity (Wildman–Crippen MR) is 144 cm³/mol. The summed E-state index contributed by atoms with van der Waals surface area (Å²) in [5.41, 5.74) is 3.05. The molecule has 2 aromatic carbocycles. The van der Waals surface area contributed by atoms with Gasteiger partial charge in [0.1, 0.15) is 5.82 Å². The molecule has 0 spiro atoms. The highest BCUT2D eigenvalue weighted by atomic mass is 79.9. The SMILES string of the molecule is Cc1c(N2CCC(C)C2)nc2ccc(Br)cc2c1C(=O)NCC(CCC(=O)O)c1ccccc1Cl. The summed E-state index contributed by atoms with van der Waals surface area (Å²) in [7, 11) is 0. The van der Waals surface area contributed by atoms with Gasteiger partial charge in [0.2, 0.25) is 0 Å². The molecule has 0 bridgehead atoms. The standard InChI is InChI=1S/C27H29BrClN3O3/c1-16-11-12-32(15-16)26-17(2)25(21-13-19(28)8-9-23(21)31-26)27(35)30-14-18(7-10-24(33)34)20-5-3-4-6-22(20)29/h3-6,8-9,13,16,18H,7,10-12,14-15H2,1-2H3,(H,30,35)(H,33,34). The van der Waals surface area contributed by atoms with Gasteiger partial charge in [0.25, 0.3) is 5.91 Å². The molecule has 1 aromatic heterocycles. The fourth-order valence-corrected chi connectivity index (χ4v) is 5.47. The highest BCUT2D eigenvalue weighted by Crippen LogP contribution is 2.33. The van der Waals surface area contributed by atoms with Crippen molar-refractivity contribution >= 4 is 56.1 Å². The molecule has 0 radical (unpaired) electrons. The second-order valence-corrected chi connectivity index (χ2v) is 10.6. The normalized spacial score (nSPS) is 16.5. The van der Waals surface area contributed by atoms with Gasteiger partial charge < -0.3 is 15.3 Å². The van der Waals surface area contributed by atoms with Crippen LogP contribution in [0.5, 0.6) is 0 Å². The first-order valence-corrected chi connectivity index (χ1v) is 13.0. The van der Waals surface area contributed by atoms with Gasteiger partial charge in [0.15, 0.2) is 0 Å². The molecule has 2 atom stereocenters. The maximum absolute atomic E-state index is 13.7. The largest absolute Gasteiger partial charge is 0.481 e. The van der Waals surface area contributed by atoms with Gasteiger partial charge in [-0.2, -0.15) is 0 Å². The van der Waals surface area contributed by atoms with Crippen LogP contribution >= 0.6 is 27.5 Å². The molecule has 1 aliphatic rings. The maximum atomic E-state index is 13.7. The van der Waals surface area contributed by atoms with Crippen molar-refractivity contribution in [2.75, 3.05) is 24.5 Å². The Morgan fingerprint density at radius 1 is 1.29 bits per heavy atom. The van der Waals surface area contributed by atoms with Gasteiger partial charge in [-0.25, -0.2) is 4.98 Å². The number of amides is 1. The van der Waals surface area contributed by atoms with E-state index in [1.54, 1.807) is 6.07 Å². The Morgan fingerprint density at radius 2 is 2.06 bits per heavy atom. The zero-order valence-corrected chi connectivity index (χ0v) is 22.2. The van der Waals surface area contributed by atoms with Gasteiger partial charge in [-0.1, -0.05) is 52.7 Å². The average molecular weight is 559 g/mol. The topological polar surface area (TPSA) is 82.5 Å². The van der Waals surface area contributed by atoms with E-state index in [4.69, 9.17) is 16.6 Å². The smallest absolute Gasteiger partial charge is 0.303 e. The van der Waals surface area contributed by atoms with Gasteiger partial charge in [-0.3, -0.25) is 9.59 Å². The lowest BCUT2D eigenvalue weighted by atomic mass is 9.93. The van der Waals surface area contributed by atoms with Crippen molar-refractivity contribution in [2.24, 2.45) is 5.92 Å². The third kappa shape index (κ3) is 5.78. The molecule has 1 saturated heterocycles. The summed E-state index contributed by atoms with van der Waals surface area (Å²) in [5, 5.41) is 13.7. The van der Waals surface area contributed by atoms with E-state index >= 15 is 0 Å². The molecular weight excluding hydrogens is 530 g/mol. The Hall–Kier alpha value is -2.64. The summed E-state index contributed by atoms with van der Waals surface area (Å²) in [6.45, 7) is 6.30. The minimum atomic E-state index is -0.876. The molecule has 35 heavy (non-hydrogen) atoms.